The molecule has 1 spiro atoms. The quantitative estimate of drug-likeness (QED) is 0.179. The molecule has 3 aliphatic rings. The molecule has 2 heteroatoms. The minimum absolute atomic E-state index is 0.0432. The maximum Gasteiger partial charge on any atom is 0.0754 e. The molecule has 12 rings (SSSR count). The molecule has 1 unspecified atom stereocenters. The summed E-state index contributed by atoms with van der Waals surface area (Å²) in [6.07, 6.45) is 0. The Morgan fingerprint density at radius 2 is 0.926 bits per heavy atom. The lowest BCUT2D eigenvalue weighted by Crippen LogP contribution is -2.33. The van der Waals surface area contributed by atoms with Crippen LogP contribution in [0.3, 0.4) is 0 Å². The molecule has 254 valence electrons. The summed E-state index contributed by atoms with van der Waals surface area (Å²) in [7, 11) is 0. The van der Waals surface area contributed by atoms with Gasteiger partial charge in [0.15, 0.2) is 0 Å². The summed E-state index contributed by atoms with van der Waals surface area (Å²) in [5.74, 6) is 0. The lowest BCUT2D eigenvalue weighted by molar-refractivity contribution is 0.660. The molecule has 2 nitrogen and oxygen atoms in total. The molecule has 0 saturated carbocycles. The van der Waals surface area contributed by atoms with E-state index in [2.05, 4.69) is 205 Å². The van der Waals surface area contributed by atoms with E-state index in [1.807, 2.05) is 0 Å². The minimum Gasteiger partial charge on any atom is -0.310 e. The van der Waals surface area contributed by atoms with Crippen molar-refractivity contribution in [1.82, 2.24) is 4.57 Å². The summed E-state index contributed by atoms with van der Waals surface area (Å²) in [4.78, 5) is 2.44. The summed E-state index contributed by atoms with van der Waals surface area (Å²) in [6, 6.07) is 68.2. The van der Waals surface area contributed by atoms with Crippen LogP contribution in [0.5, 0.6) is 0 Å². The zero-order valence-electron chi connectivity index (χ0n) is 30.2. The normalized spacial score (nSPS) is 16.6. The Balaban J connectivity index is 1.13. The molecule has 9 aromatic rings. The SMILES string of the molecule is CC1(C)c2ccccc2-c2cc(N(c3ccccc3)c3ccc4c(c3)-c3ccccc3C43c4ccccc4-n4c5ccccc5c5cccc3c54)ccc21. The zero-order chi connectivity index (χ0) is 35.8. The fourth-order valence-electron chi connectivity index (χ4n) is 10.6. The predicted molar refractivity (Wildman–Crippen MR) is 224 cm³/mol. The number of hydrogen-bond donors (Lipinski definition) is 0. The highest BCUT2D eigenvalue weighted by atomic mass is 15.1. The lowest BCUT2D eigenvalue weighted by Gasteiger charge is -2.39. The van der Waals surface area contributed by atoms with Crippen molar-refractivity contribution in [1.29, 1.82) is 0 Å². The van der Waals surface area contributed by atoms with E-state index in [4.69, 9.17) is 0 Å². The van der Waals surface area contributed by atoms with E-state index in [1.54, 1.807) is 0 Å². The van der Waals surface area contributed by atoms with Gasteiger partial charge in [0.2, 0.25) is 0 Å². The second-order valence-corrected chi connectivity index (χ2v) is 15.7. The summed E-state index contributed by atoms with van der Waals surface area (Å²) in [5, 5.41) is 2.60. The van der Waals surface area contributed by atoms with Crippen LogP contribution in [0, 0.1) is 0 Å². The van der Waals surface area contributed by atoms with Crippen molar-refractivity contribution < 1.29 is 0 Å². The summed E-state index contributed by atoms with van der Waals surface area (Å²) in [6.45, 7) is 4.70. The molecule has 0 saturated heterocycles. The molecule has 0 amide bonds. The number of rotatable bonds is 3. The fraction of sp³-hybridized carbons (Fsp3) is 0.0769. The van der Waals surface area contributed by atoms with E-state index in [-0.39, 0.29) is 5.41 Å². The van der Waals surface area contributed by atoms with Crippen LogP contribution in [-0.2, 0) is 10.8 Å². The number of para-hydroxylation sites is 4. The molecule has 1 aromatic heterocycles. The first-order chi connectivity index (χ1) is 26.6. The third-order valence-electron chi connectivity index (χ3n) is 12.8. The van der Waals surface area contributed by atoms with Gasteiger partial charge in [-0.3, -0.25) is 0 Å². The van der Waals surface area contributed by atoms with Crippen molar-refractivity contribution in [2.75, 3.05) is 4.90 Å². The van der Waals surface area contributed by atoms with E-state index in [0.717, 1.165) is 17.1 Å². The number of nitrogens with zero attached hydrogens (tertiary/aromatic N) is 2. The third kappa shape index (κ3) is 3.60. The van der Waals surface area contributed by atoms with Crippen LogP contribution in [0.4, 0.5) is 17.1 Å². The molecular formula is C52H36N2. The van der Waals surface area contributed by atoms with E-state index in [9.17, 15) is 0 Å². The van der Waals surface area contributed by atoms with E-state index in [0.29, 0.717) is 0 Å². The van der Waals surface area contributed by atoms with Gasteiger partial charge in [-0.05, 0) is 104 Å². The second-order valence-electron chi connectivity index (χ2n) is 15.7. The highest BCUT2D eigenvalue weighted by Crippen LogP contribution is 2.62. The highest BCUT2D eigenvalue weighted by Gasteiger charge is 2.51. The second kappa shape index (κ2) is 10.5. The van der Waals surface area contributed by atoms with Crippen molar-refractivity contribution in [3.8, 4) is 27.9 Å². The smallest absolute Gasteiger partial charge is 0.0754 e. The minimum atomic E-state index is -0.467. The maximum atomic E-state index is 2.51. The maximum absolute atomic E-state index is 2.51. The van der Waals surface area contributed by atoms with Crippen LogP contribution in [0.1, 0.15) is 47.2 Å². The van der Waals surface area contributed by atoms with Gasteiger partial charge in [-0.25, -0.2) is 0 Å². The summed E-state index contributed by atoms with van der Waals surface area (Å²) in [5.41, 5.74) is 20.1. The first-order valence-corrected chi connectivity index (χ1v) is 19.0. The van der Waals surface area contributed by atoms with Crippen LogP contribution in [0.25, 0.3) is 49.7 Å². The van der Waals surface area contributed by atoms with E-state index >= 15 is 0 Å². The van der Waals surface area contributed by atoms with E-state index in [1.165, 1.54) is 83.1 Å². The molecular weight excluding hydrogens is 653 g/mol. The Kier molecular flexibility index (Phi) is 5.81. The zero-order valence-corrected chi connectivity index (χ0v) is 30.2. The van der Waals surface area contributed by atoms with Gasteiger partial charge in [-0.2, -0.15) is 0 Å². The van der Waals surface area contributed by atoms with Gasteiger partial charge in [0.05, 0.1) is 22.1 Å². The molecule has 2 aliphatic carbocycles. The Morgan fingerprint density at radius 1 is 0.389 bits per heavy atom. The van der Waals surface area contributed by atoms with Gasteiger partial charge in [0.1, 0.15) is 0 Å². The first kappa shape index (κ1) is 29.9. The van der Waals surface area contributed by atoms with Crippen LogP contribution in [-0.4, -0.2) is 4.57 Å². The van der Waals surface area contributed by atoms with Crippen molar-refractivity contribution in [3.05, 3.63) is 215 Å². The first-order valence-electron chi connectivity index (χ1n) is 19.0. The van der Waals surface area contributed by atoms with Gasteiger partial charge in [0.25, 0.3) is 0 Å². The van der Waals surface area contributed by atoms with Crippen LogP contribution in [0.2, 0.25) is 0 Å². The van der Waals surface area contributed by atoms with Gasteiger partial charge in [0, 0.05) is 33.2 Å². The predicted octanol–water partition coefficient (Wildman–Crippen LogP) is 13.2. The van der Waals surface area contributed by atoms with Crippen molar-refractivity contribution in [2.45, 2.75) is 24.7 Å². The van der Waals surface area contributed by atoms with Crippen molar-refractivity contribution in [3.63, 3.8) is 0 Å². The molecule has 2 heterocycles. The number of aromatic nitrogens is 1. The topological polar surface area (TPSA) is 8.17 Å². The van der Waals surface area contributed by atoms with Crippen LogP contribution in [0.15, 0.2) is 182 Å². The third-order valence-corrected chi connectivity index (χ3v) is 12.8. The molecule has 0 radical (unpaired) electrons. The number of benzene rings is 8. The molecule has 54 heavy (non-hydrogen) atoms. The molecule has 8 aromatic carbocycles. The highest BCUT2D eigenvalue weighted by molar-refractivity contribution is 6.13. The van der Waals surface area contributed by atoms with Gasteiger partial charge < -0.3 is 9.47 Å². The van der Waals surface area contributed by atoms with Crippen LogP contribution >= 0.6 is 0 Å². The Labute approximate surface area is 315 Å². The van der Waals surface area contributed by atoms with Gasteiger partial charge in [-0.15, -0.1) is 0 Å². The van der Waals surface area contributed by atoms with Gasteiger partial charge in [-0.1, -0.05) is 147 Å². The number of anilines is 3. The Hall–Kier alpha value is -6.64. The lowest BCUT2D eigenvalue weighted by atomic mass is 9.65. The summed E-state index contributed by atoms with van der Waals surface area (Å²) >= 11 is 0. The monoisotopic (exact) mass is 688 g/mol. The Morgan fingerprint density at radius 3 is 1.72 bits per heavy atom. The fourth-order valence-corrected chi connectivity index (χ4v) is 10.6. The Bertz CT molecular complexity index is 3040. The average Bonchev–Trinajstić information content (AvgIpc) is 3.80. The van der Waals surface area contributed by atoms with Crippen molar-refractivity contribution >= 4 is 38.9 Å². The van der Waals surface area contributed by atoms with E-state index < -0.39 is 5.41 Å². The molecule has 0 N–H and O–H groups in total. The number of hydrogen-bond acceptors (Lipinski definition) is 1. The molecule has 1 aliphatic heterocycles. The van der Waals surface area contributed by atoms with Crippen molar-refractivity contribution in [2.24, 2.45) is 0 Å². The van der Waals surface area contributed by atoms with Crippen LogP contribution < -0.4 is 4.90 Å². The largest absolute Gasteiger partial charge is 0.310 e. The number of fused-ring (bicyclic) bond motifs is 15. The standard InChI is InChI=1S/C52H36N2/c1-51(2)42-21-9-6-17-36(42)40-31-34(27-29-43(40)51)53(33-15-4-3-5-16-33)35-28-30-45-41(32-35)37-18-7-10-22-44(37)52(45)46-23-11-13-26-49(46)54-48-25-12-8-19-38(48)39-20-14-24-47(52)50(39)54/h3-32H,1-2H3. The van der Waals surface area contributed by atoms with Gasteiger partial charge >= 0.3 is 0 Å². The molecule has 0 bridgehead atoms. The summed E-state index contributed by atoms with van der Waals surface area (Å²) < 4.78 is 2.51. The molecule has 1 atom stereocenters. The molecule has 0 fully saturated rings. The average molecular weight is 689 g/mol.